The largest absolute Gasteiger partial charge is 0.433 e. The van der Waals surface area contributed by atoms with Gasteiger partial charge in [-0.2, -0.15) is 18.2 Å². The van der Waals surface area contributed by atoms with E-state index in [1.807, 2.05) is 14.0 Å². The van der Waals surface area contributed by atoms with Gasteiger partial charge in [0.1, 0.15) is 11.4 Å². The normalized spacial score (nSPS) is 20.4. The Kier molecular flexibility index (Phi) is 6.58. The number of fused-ring (bicyclic) bond motifs is 1. The molecule has 0 unspecified atom stereocenters. The lowest BCUT2D eigenvalue weighted by Gasteiger charge is -2.30. The first-order valence-electron chi connectivity index (χ1n) is 11.1. The minimum Gasteiger partial charge on any atom is -0.354 e. The molecule has 2 amide bonds. The maximum Gasteiger partial charge on any atom is 0.433 e. The Hall–Kier alpha value is -3.44. The van der Waals surface area contributed by atoms with Crippen LogP contribution in [0.1, 0.15) is 47.4 Å². The highest BCUT2D eigenvalue weighted by Crippen LogP contribution is 2.31. The van der Waals surface area contributed by atoms with Crippen molar-refractivity contribution in [1.82, 2.24) is 20.3 Å². The van der Waals surface area contributed by atoms with E-state index in [0.717, 1.165) is 44.0 Å². The van der Waals surface area contributed by atoms with Crippen molar-refractivity contribution in [3.05, 3.63) is 35.3 Å². The van der Waals surface area contributed by atoms with Gasteiger partial charge < -0.3 is 20.9 Å². The van der Waals surface area contributed by atoms with Crippen molar-refractivity contribution in [3.8, 4) is 0 Å². The van der Waals surface area contributed by atoms with Crippen molar-refractivity contribution in [2.24, 2.45) is 5.92 Å². The van der Waals surface area contributed by atoms with Gasteiger partial charge in [0.15, 0.2) is 5.82 Å². The second-order valence-electron chi connectivity index (χ2n) is 8.74. The van der Waals surface area contributed by atoms with Gasteiger partial charge in [0.05, 0.1) is 17.8 Å². The average Bonchev–Trinajstić information content (AvgIpc) is 2.79. The highest BCUT2D eigenvalue weighted by atomic mass is 19.4. The van der Waals surface area contributed by atoms with E-state index in [1.54, 1.807) is 4.90 Å². The number of carbonyl (C=O) groups excluding carboxylic acids is 2. The van der Waals surface area contributed by atoms with Gasteiger partial charge in [0.25, 0.3) is 5.91 Å². The van der Waals surface area contributed by atoms with Crippen LogP contribution in [0.4, 0.5) is 30.6 Å². The topological polar surface area (TPSA) is 112 Å². The Labute approximate surface area is 194 Å². The zero-order chi connectivity index (χ0) is 24.5. The molecule has 2 aliphatic rings. The number of likely N-dealkylation sites (N-methyl/N-ethyl adjacent to an activating group) is 1. The molecule has 1 aliphatic carbocycles. The van der Waals surface area contributed by atoms with Crippen molar-refractivity contribution in [1.29, 1.82) is 0 Å². The summed E-state index contributed by atoms with van der Waals surface area (Å²) in [4.78, 5) is 38.2. The molecule has 1 aliphatic heterocycles. The number of anilines is 3. The lowest BCUT2D eigenvalue weighted by Crippen LogP contribution is -2.38. The van der Waals surface area contributed by atoms with Crippen LogP contribution in [0.15, 0.2) is 18.3 Å². The van der Waals surface area contributed by atoms with E-state index in [4.69, 9.17) is 0 Å². The summed E-state index contributed by atoms with van der Waals surface area (Å²) in [7, 11) is 1.81. The van der Waals surface area contributed by atoms with E-state index in [0.29, 0.717) is 35.6 Å². The standard InChI is InChI=1S/C22H26F3N7O2/c1-12-18-19(32(2)11-17(33)30-18)31-21(28-12)27-9-13-3-6-15(7-4-13)29-20(34)14-5-8-16(26-10-14)22(23,24)25/h5,8,10,13,15H,3-4,6-7,9,11H2,1-2H3,(H,29,34)(H,30,33)(H,27,28,31). The first-order chi connectivity index (χ1) is 16.1. The molecule has 0 bridgehead atoms. The van der Waals surface area contributed by atoms with E-state index in [9.17, 15) is 22.8 Å². The molecule has 3 N–H and O–H groups in total. The molecule has 0 radical (unpaired) electrons. The smallest absolute Gasteiger partial charge is 0.354 e. The second-order valence-corrected chi connectivity index (χ2v) is 8.74. The first kappa shape index (κ1) is 23.7. The fraction of sp³-hybridized carbons (Fsp3) is 0.500. The van der Waals surface area contributed by atoms with Crippen LogP contribution in [-0.2, 0) is 11.0 Å². The summed E-state index contributed by atoms with van der Waals surface area (Å²) in [6.07, 6.45) is -0.282. The molecule has 2 aromatic rings. The van der Waals surface area contributed by atoms with Gasteiger partial charge in [-0.1, -0.05) is 0 Å². The molecule has 182 valence electrons. The molecule has 2 aromatic heterocycles. The number of aryl methyl sites for hydroxylation is 1. The zero-order valence-electron chi connectivity index (χ0n) is 18.9. The molecule has 0 saturated heterocycles. The van der Waals surface area contributed by atoms with Crippen molar-refractivity contribution in [2.75, 3.05) is 35.7 Å². The van der Waals surface area contributed by atoms with Crippen molar-refractivity contribution < 1.29 is 22.8 Å². The maximum absolute atomic E-state index is 12.6. The molecule has 0 aromatic carbocycles. The average molecular weight is 477 g/mol. The van der Waals surface area contributed by atoms with Gasteiger partial charge in [-0.3, -0.25) is 14.6 Å². The van der Waals surface area contributed by atoms with Crippen LogP contribution in [-0.4, -0.2) is 52.9 Å². The van der Waals surface area contributed by atoms with E-state index in [2.05, 4.69) is 30.9 Å². The maximum atomic E-state index is 12.6. The van der Waals surface area contributed by atoms with Gasteiger partial charge in [-0.05, 0) is 50.7 Å². The Balaban J connectivity index is 1.26. The molecule has 4 rings (SSSR count). The molecule has 12 heteroatoms. The van der Waals surface area contributed by atoms with E-state index in [1.165, 1.54) is 0 Å². The molecule has 1 saturated carbocycles. The second kappa shape index (κ2) is 9.43. The number of alkyl halides is 3. The molecular formula is C22H26F3N7O2. The molecule has 0 spiro atoms. The lowest BCUT2D eigenvalue weighted by atomic mass is 9.86. The fourth-order valence-corrected chi connectivity index (χ4v) is 4.24. The summed E-state index contributed by atoms with van der Waals surface area (Å²) in [5.41, 5.74) is 0.407. The van der Waals surface area contributed by atoms with Crippen LogP contribution in [0.5, 0.6) is 0 Å². The Morgan fingerprint density at radius 3 is 2.59 bits per heavy atom. The molecule has 0 atom stereocenters. The number of hydrogen-bond acceptors (Lipinski definition) is 7. The minimum atomic E-state index is -4.53. The number of halogens is 3. The van der Waals surface area contributed by atoms with Crippen LogP contribution in [0.3, 0.4) is 0 Å². The molecule has 1 fully saturated rings. The predicted octanol–water partition coefficient (Wildman–Crippen LogP) is 2.99. The molecule has 3 heterocycles. The third-order valence-corrected chi connectivity index (χ3v) is 6.12. The Morgan fingerprint density at radius 1 is 1.21 bits per heavy atom. The van der Waals surface area contributed by atoms with E-state index >= 15 is 0 Å². The van der Waals surface area contributed by atoms with E-state index < -0.39 is 17.8 Å². The lowest BCUT2D eigenvalue weighted by molar-refractivity contribution is -0.141. The minimum absolute atomic E-state index is 0.0365. The number of amides is 2. The highest BCUT2D eigenvalue weighted by molar-refractivity contribution is 6.00. The molecule has 9 nitrogen and oxygen atoms in total. The van der Waals surface area contributed by atoms with Crippen LogP contribution in [0, 0.1) is 12.8 Å². The highest BCUT2D eigenvalue weighted by Gasteiger charge is 2.32. The third kappa shape index (κ3) is 5.37. The first-order valence-corrected chi connectivity index (χ1v) is 11.1. The summed E-state index contributed by atoms with van der Waals surface area (Å²) >= 11 is 0. The number of pyridine rings is 1. The Morgan fingerprint density at radius 2 is 1.94 bits per heavy atom. The van der Waals surface area contributed by atoms with E-state index in [-0.39, 0.29) is 24.1 Å². The van der Waals surface area contributed by atoms with Gasteiger partial charge in [0, 0.05) is 25.8 Å². The summed E-state index contributed by atoms with van der Waals surface area (Å²) in [5, 5.41) is 8.99. The van der Waals surface area contributed by atoms with Gasteiger partial charge in [-0.15, -0.1) is 0 Å². The van der Waals surface area contributed by atoms with Gasteiger partial charge in [0.2, 0.25) is 11.9 Å². The van der Waals surface area contributed by atoms with Crippen molar-refractivity contribution in [2.45, 2.75) is 44.8 Å². The quantitative estimate of drug-likeness (QED) is 0.607. The number of aromatic nitrogens is 3. The number of nitrogens with zero attached hydrogens (tertiary/aromatic N) is 4. The SMILES string of the molecule is Cc1nc(NCC2CCC(NC(=O)c3ccc(C(F)(F)F)nc3)CC2)nc2c1NC(=O)CN2C. The van der Waals surface area contributed by atoms with Crippen LogP contribution in [0.2, 0.25) is 0 Å². The third-order valence-electron chi connectivity index (χ3n) is 6.12. The summed E-state index contributed by atoms with van der Waals surface area (Å²) in [5.74, 6) is 1.04. The van der Waals surface area contributed by atoms with Crippen molar-refractivity contribution >= 4 is 29.3 Å². The molecule has 34 heavy (non-hydrogen) atoms. The number of carbonyl (C=O) groups is 2. The van der Waals surface area contributed by atoms with Crippen LogP contribution < -0.4 is 20.9 Å². The van der Waals surface area contributed by atoms with Gasteiger partial charge in [-0.25, -0.2) is 4.98 Å². The fourth-order valence-electron chi connectivity index (χ4n) is 4.24. The number of rotatable bonds is 5. The van der Waals surface area contributed by atoms with Gasteiger partial charge >= 0.3 is 6.18 Å². The van der Waals surface area contributed by atoms with Crippen molar-refractivity contribution in [3.63, 3.8) is 0 Å². The number of hydrogen-bond donors (Lipinski definition) is 3. The summed E-state index contributed by atoms with van der Waals surface area (Å²) in [6.45, 7) is 2.74. The Bertz CT molecular complexity index is 1070. The number of nitrogens with one attached hydrogen (secondary N) is 3. The predicted molar refractivity (Wildman–Crippen MR) is 120 cm³/mol. The zero-order valence-corrected chi connectivity index (χ0v) is 18.9. The van der Waals surface area contributed by atoms with Crippen LogP contribution >= 0.6 is 0 Å². The monoisotopic (exact) mass is 477 g/mol. The molecular weight excluding hydrogens is 451 g/mol. The van der Waals surface area contributed by atoms with Crippen LogP contribution in [0.25, 0.3) is 0 Å². The summed E-state index contributed by atoms with van der Waals surface area (Å²) in [6, 6.07) is 1.92. The summed E-state index contributed by atoms with van der Waals surface area (Å²) < 4.78 is 37.9.